The Morgan fingerprint density at radius 3 is 2.03 bits per heavy atom. The van der Waals surface area contributed by atoms with Gasteiger partial charge in [-0.3, -0.25) is 4.79 Å². The number of hydrogen-bond donors (Lipinski definition) is 4. The SMILES string of the molecule is CCCCCc1cc(O)c(NC(=O)Nc2ccc(C(=O)c3ccccc3)cc2)c(O)c1. The molecule has 0 aliphatic heterocycles. The molecule has 0 saturated carbocycles. The zero-order valence-corrected chi connectivity index (χ0v) is 17.4. The predicted octanol–water partition coefficient (Wildman–Crippen LogP) is 5.71. The van der Waals surface area contributed by atoms with Gasteiger partial charge < -0.3 is 20.8 Å². The number of amides is 2. The molecule has 160 valence electrons. The molecular weight excluding hydrogens is 392 g/mol. The Bertz CT molecular complexity index is 1020. The van der Waals surface area contributed by atoms with Crippen molar-refractivity contribution in [3.8, 4) is 11.5 Å². The second kappa shape index (κ2) is 10.3. The van der Waals surface area contributed by atoms with Gasteiger partial charge in [-0.25, -0.2) is 4.79 Å². The molecule has 2 amide bonds. The number of aromatic hydroxyl groups is 2. The summed E-state index contributed by atoms with van der Waals surface area (Å²) in [7, 11) is 0. The molecule has 0 aliphatic rings. The molecule has 0 bridgehead atoms. The zero-order chi connectivity index (χ0) is 22.2. The van der Waals surface area contributed by atoms with E-state index in [1.165, 1.54) is 0 Å². The van der Waals surface area contributed by atoms with Crippen molar-refractivity contribution in [2.24, 2.45) is 0 Å². The third-order valence-electron chi connectivity index (χ3n) is 4.90. The number of aryl methyl sites for hydroxylation is 1. The third-order valence-corrected chi connectivity index (χ3v) is 4.90. The minimum Gasteiger partial charge on any atom is -0.506 e. The van der Waals surface area contributed by atoms with E-state index in [0.29, 0.717) is 16.8 Å². The molecule has 3 aromatic rings. The molecule has 3 rings (SSSR count). The summed E-state index contributed by atoms with van der Waals surface area (Å²) in [5.74, 6) is -0.485. The van der Waals surface area contributed by atoms with Gasteiger partial charge in [0.15, 0.2) is 5.78 Å². The van der Waals surface area contributed by atoms with Gasteiger partial charge in [-0.15, -0.1) is 0 Å². The highest BCUT2D eigenvalue weighted by Crippen LogP contribution is 2.35. The maximum atomic E-state index is 12.5. The second-order valence-electron chi connectivity index (χ2n) is 7.32. The average molecular weight is 418 g/mol. The minimum absolute atomic E-state index is 0.0485. The lowest BCUT2D eigenvalue weighted by atomic mass is 10.0. The predicted molar refractivity (Wildman–Crippen MR) is 122 cm³/mol. The molecule has 6 heteroatoms. The number of phenols is 2. The number of rotatable bonds is 8. The first-order valence-corrected chi connectivity index (χ1v) is 10.3. The van der Waals surface area contributed by atoms with Crippen molar-refractivity contribution in [3.05, 3.63) is 83.4 Å². The third kappa shape index (κ3) is 5.85. The number of phenolic OH excluding ortho intramolecular Hbond substituents is 2. The van der Waals surface area contributed by atoms with Crippen LogP contribution in [0.1, 0.15) is 47.7 Å². The van der Waals surface area contributed by atoms with Gasteiger partial charge >= 0.3 is 6.03 Å². The highest BCUT2D eigenvalue weighted by Gasteiger charge is 2.14. The lowest BCUT2D eigenvalue weighted by Crippen LogP contribution is -2.19. The van der Waals surface area contributed by atoms with E-state index < -0.39 is 6.03 Å². The number of benzene rings is 3. The summed E-state index contributed by atoms with van der Waals surface area (Å²) in [6.07, 6.45) is 3.86. The van der Waals surface area contributed by atoms with Crippen LogP contribution >= 0.6 is 0 Å². The molecule has 0 aromatic heterocycles. The lowest BCUT2D eigenvalue weighted by molar-refractivity contribution is 0.103. The van der Waals surface area contributed by atoms with E-state index in [1.807, 2.05) is 6.07 Å². The molecule has 0 atom stereocenters. The summed E-state index contributed by atoms with van der Waals surface area (Å²) < 4.78 is 0. The fourth-order valence-electron chi connectivity index (χ4n) is 3.26. The van der Waals surface area contributed by atoms with Crippen molar-refractivity contribution < 1.29 is 19.8 Å². The van der Waals surface area contributed by atoms with Gasteiger partial charge in [0.2, 0.25) is 0 Å². The van der Waals surface area contributed by atoms with Crippen molar-refractivity contribution in [3.63, 3.8) is 0 Å². The van der Waals surface area contributed by atoms with Crippen LogP contribution in [0.2, 0.25) is 0 Å². The summed E-state index contributed by atoms with van der Waals surface area (Å²) in [4.78, 5) is 24.8. The normalized spacial score (nSPS) is 10.5. The molecule has 0 unspecified atom stereocenters. The van der Waals surface area contributed by atoms with Gasteiger partial charge in [-0.05, 0) is 54.8 Å². The van der Waals surface area contributed by atoms with Crippen LogP contribution in [0.15, 0.2) is 66.7 Å². The first-order chi connectivity index (χ1) is 15.0. The van der Waals surface area contributed by atoms with Crippen LogP contribution < -0.4 is 10.6 Å². The molecule has 0 heterocycles. The van der Waals surface area contributed by atoms with Gasteiger partial charge in [0.05, 0.1) is 0 Å². The highest BCUT2D eigenvalue weighted by molar-refractivity contribution is 6.09. The number of urea groups is 1. The number of carbonyl (C=O) groups is 2. The van der Waals surface area contributed by atoms with Crippen LogP contribution in [0.4, 0.5) is 16.2 Å². The Kier molecular flexibility index (Phi) is 7.27. The summed E-state index contributed by atoms with van der Waals surface area (Å²) in [6, 6.07) is 17.9. The van der Waals surface area contributed by atoms with Gasteiger partial charge in [-0.1, -0.05) is 50.1 Å². The molecule has 3 aromatic carbocycles. The number of anilines is 2. The fraction of sp³-hybridized carbons (Fsp3) is 0.200. The van der Waals surface area contributed by atoms with Crippen LogP contribution in [0.25, 0.3) is 0 Å². The van der Waals surface area contributed by atoms with Crippen molar-refractivity contribution in [1.29, 1.82) is 0 Å². The quantitative estimate of drug-likeness (QED) is 0.214. The lowest BCUT2D eigenvalue weighted by Gasteiger charge is -2.13. The number of hydrogen-bond acceptors (Lipinski definition) is 4. The number of nitrogens with one attached hydrogen (secondary N) is 2. The summed E-state index contributed by atoms with van der Waals surface area (Å²) >= 11 is 0. The van der Waals surface area contributed by atoms with Gasteiger partial charge in [0.25, 0.3) is 0 Å². The molecular formula is C25H26N2O4. The largest absolute Gasteiger partial charge is 0.506 e. The molecule has 4 N–H and O–H groups in total. The molecule has 0 fully saturated rings. The van der Waals surface area contributed by atoms with E-state index in [0.717, 1.165) is 31.2 Å². The Morgan fingerprint density at radius 2 is 1.42 bits per heavy atom. The maximum absolute atomic E-state index is 12.5. The zero-order valence-electron chi connectivity index (χ0n) is 17.4. The first kappa shape index (κ1) is 21.9. The van der Waals surface area contributed by atoms with E-state index in [-0.39, 0.29) is 23.0 Å². The van der Waals surface area contributed by atoms with E-state index in [9.17, 15) is 19.8 Å². The Balaban J connectivity index is 1.62. The van der Waals surface area contributed by atoms with E-state index in [2.05, 4.69) is 17.6 Å². The number of ketones is 1. The number of unbranched alkanes of at least 4 members (excludes halogenated alkanes) is 2. The van der Waals surface area contributed by atoms with E-state index in [4.69, 9.17) is 0 Å². The Labute approximate surface area is 181 Å². The second-order valence-corrected chi connectivity index (χ2v) is 7.32. The van der Waals surface area contributed by atoms with Crippen LogP contribution in [-0.2, 0) is 6.42 Å². The summed E-state index contributed by atoms with van der Waals surface area (Å²) in [6.45, 7) is 2.11. The monoisotopic (exact) mass is 418 g/mol. The first-order valence-electron chi connectivity index (χ1n) is 10.3. The number of carbonyl (C=O) groups excluding carboxylic acids is 2. The van der Waals surface area contributed by atoms with Gasteiger partial charge in [0.1, 0.15) is 17.2 Å². The van der Waals surface area contributed by atoms with Crippen LogP contribution in [0.5, 0.6) is 11.5 Å². The summed E-state index contributed by atoms with van der Waals surface area (Å²) in [5, 5.41) is 25.5. The van der Waals surface area contributed by atoms with Crippen LogP contribution in [-0.4, -0.2) is 22.0 Å². The molecule has 31 heavy (non-hydrogen) atoms. The molecule has 0 radical (unpaired) electrons. The van der Waals surface area contributed by atoms with E-state index >= 15 is 0 Å². The van der Waals surface area contributed by atoms with Crippen molar-refractivity contribution in [2.45, 2.75) is 32.6 Å². The fourth-order valence-corrected chi connectivity index (χ4v) is 3.26. The van der Waals surface area contributed by atoms with Gasteiger partial charge in [-0.2, -0.15) is 0 Å². The summed E-state index contributed by atoms with van der Waals surface area (Å²) in [5.41, 5.74) is 2.33. The van der Waals surface area contributed by atoms with E-state index in [1.54, 1.807) is 60.7 Å². The smallest absolute Gasteiger partial charge is 0.323 e. The van der Waals surface area contributed by atoms with Crippen LogP contribution in [0.3, 0.4) is 0 Å². The minimum atomic E-state index is -0.619. The van der Waals surface area contributed by atoms with Crippen molar-refractivity contribution in [1.82, 2.24) is 0 Å². The Hall–Kier alpha value is -3.80. The molecule has 6 nitrogen and oxygen atoms in total. The highest BCUT2D eigenvalue weighted by atomic mass is 16.3. The molecule has 0 aliphatic carbocycles. The molecule has 0 spiro atoms. The van der Waals surface area contributed by atoms with Crippen LogP contribution in [0, 0.1) is 0 Å². The average Bonchev–Trinajstić information content (AvgIpc) is 2.77. The standard InChI is InChI=1S/C25H26N2O4/c1-2-3-5-8-17-15-21(28)23(22(29)16-17)27-25(31)26-20-13-11-19(12-14-20)24(30)18-9-6-4-7-10-18/h4,6-7,9-16,28-29H,2-3,5,8H2,1H3,(H2,26,27,31). The van der Waals surface area contributed by atoms with Crippen molar-refractivity contribution >= 4 is 23.2 Å². The maximum Gasteiger partial charge on any atom is 0.323 e. The van der Waals surface area contributed by atoms with Crippen molar-refractivity contribution in [2.75, 3.05) is 10.6 Å². The Morgan fingerprint density at radius 1 is 0.806 bits per heavy atom. The topological polar surface area (TPSA) is 98.7 Å². The molecule has 0 saturated heterocycles. The van der Waals surface area contributed by atoms with Gasteiger partial charge in [0, 0.05) is 16.8 Å².